The first kappa shape index (κ1) is 20.7. The number of nitriles is 1. The highest BCUT2D eigenvalue weighted by molar-refractivity contribution is 5.96. The summed E-state index contributed by atoms with van der Waals surface area (Å²) < 4.78 is 5.46. The van der Waals surface area contributed by atoms with Crippen LogP contribution in [0.3, 0.4) is 0 Å². The Labute approximate surface area is 197 Å². The number of H-pyrrole nitrogens is 1. The molecule has 0 atom stereocenters. The van der Waals surface area contributed by atoms with E-state index in [4.69, 9.17) is 4.74 Å². The number of aliphatic hydroxyl groups excluding tert-OH is 1. The topological polar surface area (TPSA) is 88.4 Å². The van der Waals surface area contributed by atoms with Crippen LogP contribution in [0.25, 0.3) is 33.4 Å². The molecule has 0 spiro atoms. The van der Waals surface area contributed by atoms with Crippen molar-refractivity contribution in [2.24, 2.45) is 0 Å². The lowest BCUT2D eigenvalue weighted by molar-refractivity contribution is 0.122. The molecule has 6 rings (SSSR count). The van der Waals surface area contributed by atoms with E-state index in [9.17, 15) is 10.4 Å². The normalized spacial score (nSPS) is 16.5. The second-order valence-corrected chi connectivity index (χ2v) is 8.85. The molecule has 2 fully saturated rings. The maximum Gasteiger partial charge on any atom is 0.101 e. The van der Waals surface area contributed by atoms with Crippen LogP contribution in [0.4, 0.5) is 11.4 Å². The molecule has 2 aliphatic rings. The minimum atomic E-state index is -0.317. The lowest BCUT2D eigenvalue weighted by Gasteiger charge is -2.38. The molecule has 2 aromatic heterocycles. The number of morpholine rings is 1. The van der Waals surface area contributed by atoms with Crippen LogP contribution >= 0.6 is 0 Å². The number of aromatic amines is 1. The number of pyridine rings is 1. The number of aliphatic hydroxyl groups is 1. The van der Waals surface area contributed by atoms with Gasteiger partial charge in [0, 0.05) is 60.2 Å². The third-order valence-corrected chi connectivity index (χ3v) is 6.70. The molecule has 2 N–H and O–H groups in total. The van der Waals surface area contributed by atoms with Crippen molar-refractivity contribution >= 4 is 22.3 Å². The average molecular weight is 452 g/mol. The molecule has 0 unspecified atom stereocenters. The third kappa shape index (κ3) is 3.67. The summed E-state index contributed by atoms with van der Waals surface area (Å²) in [7, 11) is 0. The molecule has 7 nitrogen and oxygen atoms in total. The fourth-order valence-electron chi connectivity index (χ4n) is 4.81. The summed E-state index contributed by atoms with van der Waals surface area (Å²) in [5, 5.41) is 20.4. The summed E-state index contributed by atoms with van der Waals surface area (Å²) in [4.78, 5) is 12.6. The number of β-amino-alcohol motifs (C(OH)–C–C–N with tert-alkyl or cyclic N) is 1. The van der Waals surface area contributed by atoms with Gasteiger partial charge in [0.05, 0.1) is 36.3 Å². The second-order valence-electron chi connectivity index (χ2n) is 8.85. The Morgan fingerprint density at radius 3 is 2.47 bits per heavy atom. The molecule has 4 aromatic rings. The summed E-state index contributed by atoms with van der Waals surface area (Å²) in [5.74, 6) is 0. The van der Waals surface area contributed by atoms with Gasteiger partial charge in [-0.3, -0.25) is 4.98 Å². The summed E-state index contributed by atoms with van der Waals surface area (Å²) in [5.41, 5.74) is 7.57. The molecule has 2 aliphatic heterocycles. The molecule has 7 heteroatoms. The zero-order chi connectivity index (χ0) is 23.1. The van der Waals surface area contributed by atoms with E-state index in [0.717, 1.165) is 65.4 Å². The van der Waals surface area contributed by atoms with Gasteiger partial charge in [0.2, 0.25) is 0 Å². The molecular formula is C27H25N5O2. The quantitative estimate of drug-likeness (QED) is 0.491. The molecular weight excluding hydrogens is 426 g/mol. The van der Waals surface area contributed by atoms with Gasteiger partial charge < -0.3 is 24.6 Å². The zero-order valence-corrected chi connectivity index (χ0v) is 18.7. The van der Waals surface area contributed by atoms with Gasteiger partial charge in [0.15, 0.2) is 0 Å². The highest BCUT2D eigenvalue weighted by atomic mass is 16.5. The van der Waals surface area contributed by atoms with E-state index in [1.807, 2.05) is 29.2 Å². The van der Waals surface area contributed by atoms with Crippen LogP contribution < -0.4 is 9.80 Å². The van der Waals surface area contributed by atoms with Crippen molar-refractivity contribution in [2.45, 2.75) is 6.10 Å². The smallest absolute Gasteiger partial charge is 0.101 e. The molecule has 0 aliphatic carbocycles. The SMILES string of the molecule is N#Cc1cc(-c2nccc3[nH]c(-c4ccc(N5CCOCC5)cc4)cc23)ccc1N1CC(O)C1. The third-order valence-electron chi connectivity index (χ3n) is 6.70. The van der Waals surface area contributed by atoms with Gasteiger partial charge in [-0.2, -0.15) is 5.26 Å². The molecule has 2 aromatic carbocycles. The van der Waals surface area contributed by atoms with Gasteiger partial charge >= 0.3 is 0 Å². The molecule has 0 radical (unpaired) electrons. The molecule has 2 saturated heterocycles. The summed E-state index contributed by atoms with van der Waals surface area (Å²) in [6.45, 7) is 4.51. The number of ether oxygens (including phenoxy) is 1. The van der Waals surface area contributed by atoms with Crippen molar-refractivity contribution in [2.75, 3.05) is 49.2 Å². The average Bonchev–Trinajstić information content (AvgIpc) is 3.32. The monoisotopic (exact) mass is 451 g/mol. The highest BCUT2D eigenvalue weighted by Gasteiger charge is 2.26. The summed E-state index contributed by atoms with van der Waals surface area (Å²) >= 11 is 0. The van der Waals surface area contributed by atoms with Crippen molar-refractivity contribution in [1.82, 2.24) is 9.97 Å². The molecule has 0 amide bonds. The second kappa shape index (κ2) is 8.49. The number of fused-ring (bicyclic) bond motifs is 1. The van der Waals surface area contributed by atoms with Gasteiger partial charge in [-0.15, -0.1) is 0 Å². The van der Waals surface area contributed by atoms with Crippen molar-refractivity contribution < 1.29 is 9.84 Å². The first-order chi connectivity index (χ1) is 16.7. The van der Waals surface area contributed by atoms with Crippen LogP contribution in [-0.2, 0) is 4.74 Å². The van der Waals surface area contributed by atoms with Crippen molar-refractivity contribution in [3.63, 3.8) is 0 Å². The highest BCUT2D eigenvalue weighted by Crippen LogP contribution is 2.34. The Kier molecular flexibility index (Phi) is 5.17. The standard InChI is InChI=1S/C27H25N5O2/c28-15-20-13-19(3-6-26(20)32-16-22(33)17-32)27-23-14-25(30-24(23)7-8-29-27)18-1-4-21(5-2-18)31-9-11-34-12-10-31/h1-8,13-14,22,30,33H,9-12,16-17H2. The fourth-order valence-corrected chi connectivity index (χ4v) is 4.81. The van der Waals surface area contributed by atoms with Gasteiger partial charge in [0.25, 0.3) is 0 Å². The number of nitrogens with one attached hydrogen (secondary N) is 1. The minimum Gasteiger partial charge on any atom is -0.389 e. The van der Waals surface area contributed by atoms with Crippen LogP contribution in [0.1, 0.15) is 5.56 Å². The fraction of sp³-hybridized carbons (Fsp3) is 0.259. The van der Waals surface area contributed by atoms with Crippen LogP contribution in [0.15, 0.2) is 60.8 Å². The Bertz CT molecular complexity index is 1380. The molecule has 4 heterocycles. The van der Waals surface area contributed by atoms with Crippen molar-refractivity contribution in [3.05, 3.63) is 66.4 Å². The van der Waals surface area contributed by atoms with E-state index < -0.39 is 0 Å². The molecule has 34 heavy (non-hydrogen) atoms. The summed E-state index contributed by atoms with van der Waals surface area (Å²) in [6, 6.07) is 20.9. The van der Waals surface area contributed by atoms with Crippen molar-refractivity contribution in [3.8, 4) is 28.6 Å². The van der Waals surface area contributed by atoms with Crippen LogP contribution in [0, 0.1) is 11.3 Å². The van der Waals surface area contributed by atoms with E-state index in [1.165, 1.54) is 5.69 Å². The number of hydrogen-bond acceptors (Lipinski definition) is 6. The van der Waals surface area contributed by atoms with E-state index in [-0.39, 0.29) is 6.10 Å². The van der Waals surface area contributed by atoms with E-state index in [0.29, 0.717) is 18.7 Å². The Morgan fingerprint density at radius 2 is 1.74 bits per heavy atom. The van der Waals surface area contributed by atoms with Gasteiger partial charge in [-0.05, 0) is 42.0 Å². The van der Waals surface area contributed by atoms with Gasteiger partial charge in [-0.1, -0.05) is 18.2 Å². The number of hydrogen-bond donors (Lipinski definition) is 2. The molecule has 0 saturated carbocycles. The van der Waals surface area contributed by atoms with E-state index >= 15 is 0 Å². The lowest BCUT2D eigenvalue weighted by atomic mass is 10.0. The largest absolute Gasteiger partial charge is 0.389 e. The predicted molar refractivity (Wildman–Crippen MR) is 133 cm³/mol. The Morgan fingerprint density at radius 1 is 0.971 bits per heavy atom. The van der Waals surface area contributed by atoms with Gasteiger partial charge in [0.1, 0.15) is 6.07 Å². The zero-order valence-electron chi connectivity index (χ0n) is 18.7. The number of nitrogens with zero attached hydrogens (tertiary/aromatic N) is 4. The van der Waals surface area contributed by atoms with E-state index in [1.54, 1.807) is 6.20 Å². The maximum atomic E-state index is 9.73. The van der Waals surface area contributed by atoms with Crippen LogP contribution in [0.2, 0.25) is 0 Å². The lowest BCUT2D eigenvalue weighted by Crippen LogP contribution is -2.51. The maximum absolute atomic E-state index is 9.73. The minimum absolute atomic E-state index is 0.317. The van der Waals surface area contributed by atoms with Crippen LogP contribution in [-0.4, -0.2) is 60.6 Å². The predicted octanol–water partition coefficient (Wildman–Crippen LogP) is 3.79. The number of benzene rings is 2. The first-order valence-corrected chi connectivity index (χ1v) is 11.6. The van der Waals surface area contributed by atoms with Crippen molar-refractivity contribution in [1.29, 1.82) is 5.26 Å². The Balaban J connectivity index is 1.33. The van der Waals surface area contributed by atoms with Gasteiger partial charge in [-0.25, -0.2) is 0 Å². The van der Waals surface area contributed by atoms with Crippen LogP contribution in [0.5, 0.6) is 0 Å². The molecule has 170 valence electrons. The number of aromatic nitrogens is 2. The van der Waals surface area contributed by atoms with E-state index in [2.05, 4.69) is 51.3 Å². The Hall–Kier alpha value is -3.86. The first-order valence-electron chi connectivity index (χ1n) is 11.6. The number of rotatable bonds is 4. The summed E-state index contributed by atoms with van der Waals surface area (Å²) in [6.07, 6.45) is 1.48. The molecule has 0 bridgehead atoms. The number of anilines is 2.